The van der Waals surface area contributed by atoms with Crippen LogP contribution in [0.25, 0.3) is 0 Å². The third-order valence-electron chi connectivity index (χ3n) is 3.29. The smallest absolute Gasteiger partial charge is 0.223 e. The highest BCUT2D eigenvalue weighted by molar-refractivity contribution is 5.78. The molecule has 1 rings (SSSR count). The maximum Gasteiger partial charge on any atom is 0.223 e. The van der Waals surface area contributed by atoms with Crippen molar-refractivity contribution < 1.29 is 4.79 Å². The molecule has 4 nitrogen and oxygen atoms in total. The minimum atomic E-state index is -0.00270. The third kappa shape index (κ3) is 5.83. The molecule has 0 spiro atoms. The van der Waals surface area contributed by atoms with Crippen molar-refractivity contribution in [1.82, 2.24) is 10.3 Å². The van der Waals surface area contributed by atoms with Crippen LogP contribution in [0.4, 0.5) is 0 Å². The Kier molecular flexibility index (Phi) is 6.50. The Balaban J connectivity index is 2.37. The molecular weight excluding hydrogens is 238 g/mol. The second kappa shape index (κ2) is 7.89. The Labute approximate surface area is 115 Å². The SMILES string of the molecule is CC(N)CCCC(C)C(=O)N[C@@H](C)c1cccnc1. The van der Waals surface area contributed by atoms with Crippen LogP contribution in [0.5, 0.6) is 0 Å². The first-order valence-electron chi connectivity index (χ1n) is 6.96. The van der Waals surface area contributed by atoms with Gasteiger partial charge in [0.2, 0.25) is 5.91 Å². The molecule has 0 aliphatic heterocycles. The van der Waals surface area contributed by atoms with Gasteiger partial charge in [-0.3, -0.25) is 9.78 Å². The first-order chi connectivity index (χ1) is 9.00. The lowest BCUT2D eigenvalue weighted by molar-refractivity contribution is -0.125. The van der Waals surface area contributed by atoms with Crippen molar-refractivity contribution in [2.45, 2.75) is 52.1 Å². The number of carbonyl (C=O) groups is 1. The molecule has 1 heterocycles. The highest BCUT2D eigenvalue weighted by Crippen LogP contribution is 2.14. The van der Waals surface area contributed by atoms with E-state index >= 15 is 0 Å². The van der Waals surface area contributed by atoms with E-state index in [0.29, 0.717) is 0 Å². The van der Waals surface area contributed by atoms with Crippen LogP contribution >= 0.6 is 0 Å². The Bertz CT molecular complexity index is 378. The molecule has 4 heteroatoms. The van der Waals surface area contributed by atoms with E-state index in [1.807, 2.05) is 32.9 Å². The summed E-state index contributed by atoms with van der Waals surface area (Å²) in [5, 5.41) is 3.02. The van der Waals surface area contributed by atoms with Gasteiger partial charge in [0.25, 0.3) is 0 Å². The number of hydrogen-bond acceptors (Lipinski definition) is 3. The highest BCUT2D eigenvalue weighted by Gasteiger charge is 2.16. The molecule has 1 aromatic rings. The summed E-state index contributed by atoms with van der Waals surface area (Å²) < 4.78 is 0. The van der Waals surface area contributed by atoms with Gasteiger partial charge in [-0.25, -0.2) is 0 Å². The fraction of sp³-hybridized carbons (Fsp3) is 0.600. The molecule has 3 atom stereocenters. The summed E-state index contributed by atoms with van der Waals surface area (Å²) in [5.74, 6) is 0.124. The summed E-state index contributed by atoms with van der Waals surface area (Å²) in [5.41, 5.74) is 6.73. The van der Waals surface area contributed by atoms with Gasteiger partial charge < -0.3 is 11.1 Å². The largest absolute Gasteiger partial charge is 0.349 e. The van der Waals surface area contributed by atoms with Crippen LogP contribution < -0.4 is 11.1 Å². The van der Waals surface area contributed by atoms with Crippen LogP contribution in [0, 0.1) is 5.92 Å². The number of aromatic nitrogens is 1. The van der Waals surface area contributed by atoms with Crippen molar-refractivity contribution in [3.8, 4) is 0 Å². The van der Waals surface area contributed by atoms with Gasteiger partial charge >= 0.3 is 0 Å². The van der Waals surface area contributed by atoms with E-state index in [1.54, 1.807) is 12.4 Å². The van der Waals surface area contributed by atoms with Crippen LogP contribution in [0.3, 0.4) is 0 Å². The Morgan fingerprint density at radius 1 is 1.37 bits per heavy atom. The molecule has 0 saturated heterocycles. The normalized spacial score (nSPS) is 15.6. The molecule has 0 aromatic carbocycles. The van der Waals surface area contributed by atoms with Crippen molar-refractivity contribution in [1.29, 1.82) is 0 Å². The van der Waals surface area contributed by atoms with E-state index in [2.05, 4.69) is 10.3 Å². The lowest BCUT2D eigenvalue weighted by Gasteiger charge is -2.18. The molecule has 19 heavy (non-hydrogen) atoms. The average Bonchev–Trinajstić information content (AvgIpc) is 2.39. The number of nitrogens with one attached hydrogen (secondary N) is 1. The summed E-state index contributed by atoms with van der Waals surface area (Å²) >= 11 is 0. The molecule has 1 amide bonds. The minimum Gasteiger partial charge on any atom is -0.349 e. The molecule has 0 fully saturated rings. The summed E-state index contributed by atoms with van der Waals surface area (Å²) in [7, 11) is 0. The van der Waals surface area contributed by atoms with Crippen molar-refractivity contribution in [3.05, 3.63) is 30.1 Å². The Morgan fingerprint density at radius 2 is 2.11 bits per heavy atom. The van der Waals surface area contributed by atoms with Gasteiger partial charge in [-0.05, 0) is 38.3 Å². The lowest BCUT2D eigenvalue weighted by Crippen LogP contribution is -2.31. The van der Waals surface area contributed by atoms with Crippen LogP contribution in [-0.2, 0) is 4.79 Å². The molecule has 106 valence electrons. The lowest BCUT2D eigenvalue weighted by atomic mass is 10.0. The zero-order chi connectivity index (χ0) is 14.3. The highest BCUT2D eigenvalue weighted by atomic mass is 16.1. The molecule has 0 saturated carbocycles. The number of carbonyl (C=O) groups excluding carboxylic acids is 1. The fourth-order valence-electron chi connectivity index (χ4n) is 1.95. The first-order valence-corrected chi connectivity index (χ1v) is 6.96. The Hall–Kier alpha value is -1.42. The topological polar surface area (TPSA) is 68.0 Å². The second-order valence-corrected chi connectivity index (χ2v) is 5.33. The van der Waals surface area contributed by atoms with E-state index in [1.165, 1.54) is 0 Å². The average molecular weight is 263 g/mol. The number of rotatable bonds is 7. The van der Waals surface area contributed by atoms with Crippen LogP contribution in [0.2, 0.25) is 0 Å². The molecule has 3 N–H and O–H groups in total. The van der Waals surface area contributed by atoms with Crippen molar-refractivity contribution in [3.63, 3.8) is 0 Å². The Morgan fingerprint density at radius 3 is 2.68 bits per heavy atom. The molecule has 0 aliphatic rings. The number of hydrogen-bond donors (Lipinski definition) is 2. The number of nitrogens with zero attached hydrogens (tertiary/aromatic N) is 1. The van der Waals surface area contributed by atoms with Crippen LogP contribution in [0.15, 0.2) is 24.5 Å². The second-order valence-electron chi connectivity index (χ2n) is 5.33. The summed E-state index contributed by atoms with van der Waals surface area (Å²) in [6.45, 7) is 5.94. The first kappa shape index (κ1) is 15.6. The summed E-state index contributed by atoms with van der Waals surface area (Å²) in [6, 6.07) is 4.06. The van der Waals surface area contributed by atoms with E-state index < -0.39 is 0 Å². The van der Waals surface area contributed by atoms with Crippen molar-refractivity contribution in [2.24, 2.45) is 11.7 Å². The zero-order valence-corrected chi connectivity index (χ0v) is 12.1. The minimum absolute atomic E-state index is 0.00270. The monoisotopic (exact) mass is 263 g/mol. The molecule has 0 bridgehead atoms. The molecule has 2 unspecified atom stereocenters. The molecule has 0 aliphatic carbocycles. The number of pyridine rings is 1. The van der Waals surface area contributed by atoms with Gasteiger partial charge in [0, 0.05) is 24.4 Å². The molecule has 1 aromatic heterocycles. The summed E-state index contributed by atoms with van der Waals surface area (Å²) in [6.07, 6.45) is 6.36. The summed E-state index contributed by atoms with van der Waals surface area (Å²) in [4.78, 5) is 16.1. The van der Waals surface area contributed by atoms with Gasteiger partial charge in [-0.15, -0.1) is 0 Å². The quantitative estimate of drug-likeness (QED) is 0.793. The van der Waals surface area contributed by atoms with Crippen LogP contribution in [-0.4, -0.2) is 16.9 Å². The van der Waals surface area contributed by atoms with Crippen LogP contribution in [0.1, 0.15) is 51.6 Å². The maximum absolute atomic E-state index is 12.0. The third-order valence-corrected chi connectivity index (χ3v) is 3.29. The zero-order valence-electron chi connectivity index (χ0n) is 12.1. The predicted octanol–water partition coefficient (Wildman–Crippen LogP) is 2.41. The van der Waals surface area contributed by atoms with Gasteiger partial charge in [0.15, 0.2) is 0 Å². The standard InChI is InChI=1S/C15H25N3O/c1-11(6-4-7-12(2)16)15(19)18-13(3)14-8-5-9-17-10-14/h5,8-13H,4,6-7,16H2,1-3H3,(H,18,19)/t11?,12?,13-/m0/s1. The van der Waals surface area contributed by atoms with E-state index in [4.69, 9.17) is 5.73 Å². The number of nitrogens with two attached hydrogens (primary N) is 1. The maximum atomic E-state index is 12.0. The van der Waals surface area contributed by atoms with E-state index in [0.717, 1.165) is 24.8 Å². The van der Waals surface area contributed by atoms with Gasteiger partial charge in [0.05, 0.1) is 6.04 Å². The van der Waals surface area contributed by atoms with Crippen molar-refractivity contribution >= 4 is 5.91 Å². The molecular formula is C15H25N3O. The van der Waals surface area contributed by atoms with Crippen molar-refractivity contribution in [2.75, 3.05) is 0 Å². The van der Waals surface area contributed by atoms with Gasteiger partial charge in [-0.1, -0.05) is 19.4 Å². The van der Waals surface area contributed by atoms with E-state index in [9.17, 15) is 4.79 Å². The fourth-order valence-corrected chi connectivity index (χ4v) is 1.95. The predicted molar refractivity (Wildman–Crippen MR) is 77.5 cm³/mol. The van der Waals surface area contributed by atoms with Gasteiger partial charge in [-0.2, -0.15) is 0 Å². The number of amides is 1. The van der Waals surface area contributed by atoms with Gasteiger partial charge in [0.1, 0.15) is 0 Å². The molecule has 0 radical (unpaired) electrons. The van der Waals surface area contributed by atoms with E-state index in [-0.39, 0.29) is 23.9 Å².